The van der Waals surface area contributed by atoms with Crippen molar-refractivity contribution in [2.75, 3.05) is 53.3 Å². The van der Waals surface area contributed by atoms with Crippen LogP contribution in [-0.2, 0) is 37.5 Å². The number of hydrogen-bond acceptors (Lipinski definition) is 11. The number of phosphoric acid groups is 1. The summed E-state index contributed by atoms with van der Waals surface area (Å²) in [5, 5.41) is 19.5. The lowest BCUT2D eigenvalue weighted by atomic mass is 10.1. The summed E-state index contributed by atoms with van der Waals surface area (Å²) in [6.45, 7) is 3.78. The molecule has 13 nitrogen and oxygen atoms in total. The van der Waals surface area contributed by atoms with E-state index in [1.165, 1.54) is 69.5 Å². The predicted molar refractivity (Wildman–Crippen MR) is 262 cm³/mol. The molecule has 0 amide bonds. The number of esters is 2. The zero-order valence-corrected chi connectivity index (χ0v) is 41.9. The second-order valence-corrected chi connectivity index (χ2v) is 20.0. The van der Waals surface area contributed by atoms with E-state index < -0.39 is 62.4 Å². The number of carboxylic acids is 1. The smallest absolute Gasteiger partial charge is 0.472 e. The Morgan fingerprint density at radius 2 is 1.30 bits per heavy atom. The first kappa shape index (κ1) is 61.5. The number of aliphatic hydroxyl groups is 1. The molecule has 1 unspecified atom stereocenters. The number of rotatable bonds is 43. The number of likely N-dealkylation sites (N-methyl/N-ethyl adjacent to an activating group) is 1. The normalized spacial score (nSPS) is 15.4. The van der Waals surface area contributed by atoms with Gasteiger partial charge in [-0.15, -0.1) is 11.8 Å². The minimum absolute atomic E-state index is 0.0214. The molecule has 0 aromatic heterocycles. The summed E-state index contributed by atoms with van der Waals surface area (Å²) in [6.07, 6.45) is 38.8. The molecule has 0 heterocycles. The van der Waals surface area contributed by atoms with Crippen LogP contribution in [0.5, 0.6) is 0 Å². The lowest BCUT2D eigenvalue weighted by Gasteiger charge is -2.25. The van der Waals surface area contributed by atoms with Crippen LogP contribution >= 0.6 is 19.6 Å². The van der Waals surface area contributed by atoms with E-state index in [2.05, 4.69) is 38.2 Å². The Hall–Kier alpha value is -2.55. The van der Waals surface area contributed by atoms with Crippen LogP contribution in [0, 0.1) is 0 Å². The van der Waals surface area contributed by atoms with Crippen molar-refractivity contribution in [3.63, 3.8) is 0 Å². The van der Waals surface area contributed by atoms with Crippen LogP contribution in [0.3, 0.4) is 0 Å². The van der Waals surface area contributed by atoms with Crippen molar-refractivity contribution in [3.8, 4) is 0 Å². The maximum atomic E-state index is 13.2. The second-order valence-electron chi connectivity index (χ2n) is 17.3. The largest absolute Gasteiger partial charge is 0.481 e. The van der Waals surface area contributed by atoms with E-state index in [9.17, 15) is 28.9 Å². The number of hydrogen-bond donors (Lipinski definition) is 4. The number of carboxylic acid groups (broad SMARTS) is 1. The number of nitrogens with zero attached hydrogens (tertiary/aromatic N) is 1. The van der Waals surface area contributed by atoms with Crippen LogP contribution in [0.25, 0.3) is 0 Å². The summed E-state index contributed by atoms with van der Waals surface area (Å²) in [6, 6.07) is -1.18. The molecule has 0 aliphatic carbocycles. The zero-order valence-electron chi connectivity index (χ0n) is 40.2. The molecule has 0 rings (SSSR count). The molecule has 0 bridgehead atoms. The van der Waals surface area contributed by atoms with Crippen LogP contribution in [0.2, 0.25) is 0 Å². The standard InChI is InChI=1S/C49H87N2O11PS/c1-6-8-10-12-14-16-18-20-21-22-24-26-28-30-32-37-48(55)59-40-43(41-61-63(57,58)60-39-38-51(3,4)5)62-49(56)44(50)42-64-46(45(52)34-33-36-47(53)54)35-31-29-27-25-23-19-17-15-13-11-9-7-2/h15,17,20-21,23,25,27,29,31,35,43-46,52H,6-14,16,18-19,22,24,26,28,30,32-34,36-42,50H2,1-5H3,(H-,53,54,57,58)/p+1/b17-15-,21-20-,25-23-,29-27+,35-31+/t43-,44+,45+,46-/m1/s1. The minimum Gasteiger partial charge on any atom is -0.481 e. The van der Waals surface area contributed by atoms with Gasteiger partial charge in [0.05, 0.1) is 33.9 Å². The molecule has 0 aromatic rings. The third-order valence-corrected chi connectivity index (χ3v) is 12.4. The number of aliphatic hydroxyl groups excluding tert-OH is 1. The van der Waals surface area contributed by atoms with Gasteiger partial charge in [-0.05, 0) is 64.2 Å². The molecule has 0 aromatic carbocycles. The quantitative estimate of drug-likeness (QED) is 0.0113. The van der Waals surface area contributed by atoms with Gasteiger partial charge in [0.2, 0.25) is 0 Å². The van der Waals surface area contributed by atoms with E-state index in [4.69, 9.17) is 29.4 Å². The maximum absolute atomic E-state index is 13.2. The summed E-state index contributed by atoms with van der Waals surface area (Å²) in [4.78, 5) is 47.3. The first-order valence-corrected chi connectivity index (χ1v) is 26.5. The maximum Gasteiger partial charge on any atom is 0.472 e. The van der Waals surface area contributed by atoms with Crippen molar-refractivity contribution in [2.24, 2.45) is 5.73 Å². The number of nitrogens with two attached hydrogens (primary N) is 1. The van der Waals surface area contributed by atoms with E-state index in [0.717, 1.165) is 51.4 Å². The van der Waals surface area contributed by atoms with Crippen LogP contribution < -0.4 is 5.73 Å². The highest BCUT2D eigenvalue weighted by Gasteiger charge is 2.29. The molecule has 5 N–H and O–H groups in total. The minimum atomic E-state index is -4.54. The van der Waals surface area contributed by atoms with E-state index in [1.807, 2.05) is 45.4 Å². The topological polar surface area (TPSA) is 192 Å². The highest BCUT2D eigenvalue weighted by molar-refractivity contribution is 8.00. The predicted octanol–water partition coefficient (Wildman–Crippen LogP) is 10.6. The Kier molecular flexibility index (Phi) is 39.1. The van der Waals surface area contributed by atoms with Crippen molar-refractivity contribution in [1.82, 2.24) is 0 Å². The fourth-order valence-corrected chi connectivity index (χ4v) is 7.95. The van der Waals surface area contributed by atoms with Crippen molar-refractivity contribution in [1.29, 1.82) is 0 Å². The first-order valence-electron chi connectivity index (χ1n) is 24.0. The van der Waals surface area contributed by atoms with Crippen LogP contribution in [0.15, 0.2) is 60.8 Å². The number of quaternary nitrogens is 1. The number of ether oxygens (including phenoxy) is 2. The molecule has 0 aliphatic rings. The van der Waals surface area contributed by atoms with Gasteiger partial charge in [0, 0.05) is 23.8 Å². The Morgan fingerprint density at radius 3 is 1.94 bits per heavy atom. The van der Waals surface area contributed by atoms with Crippen LogP contribution in [-0.4, -0.2) is 114 Å². The number of thioether (sulfide) groups is 1. The molecule has 15 heteroatoms. The van der Waals surface area contributed by atoms with Crippen molar-refractivity contribution in [3.05, 3.63) is 60.8 Å². The van der Waals surface area contributed by atoms with Crippen molar-refractivity contribution in [2.45, 2.75) is 179 Å². The summed E-state index contributed by atoms with van der Waals surface area (Å²) in [7, 11) is 1.17. The van der Waals surface area contributed by atoms with Gasteiger partial charge in [0.1, 0.15) is 25.8 Å². The van der Waals surface area contributed by atoms with Crippen molar-refractivity contribution >= 4 is 37.5 Å². The average molecular weight is 944 g/mol. The van der Waals surface area contributed by atoms with Gasteiger partial charge in [0.25, 0.3) is 0 Å². The first-order chi connectivity index (χ1) is 30.6. The molecule has 0 spiro atoms. The summed E-state index contributed by atoms with van der Waals surface area (Å²) in [5.41, 5.74) is 6.25. The Balaban J connectivity index is 5.26. The lowest BCUT2D eigenvalue weighted by molar-refractivity contribution is -0.870. The second kappa shape index (κ2) is 40.7. The molecular weight excluding hydrogens is 856 g/mol. The van der Waals surface area contributed by atoms with Gasteiger partial charge in [0.15, 0.2) is 6.10 Å². The number of allylic oxidation sites excluding steroid dienone is 9. The van der Waals surface area contributed by atoms with Gasteiger partial charge in [-0.1, -0.05) is 139 Å². The summed E-state index contributed by atoms with van der Waals surface area (Å²) < 4.78 is 34.4. The average Bonchev–Trinajstić information content (AvgIpc) is 3.23. The van der Waals surface area contributed by atoms with Gasteiger partial charge in [-0.3, -0.25) is 23.4 Å². The molecule has 5 atom stereocenters. The molecular formula is C49H88N2O11PS+. The number of carbonyl (C=O) groups excluding carboxylic acids is 2. The van der Waals surface area contributed by atoms with E-state index in [1.54, 1.807) is 12.2 Å². The lowest BCUT2D eigenvalue weighted by Crippen LogP contribution is -2.40. The van der Waals surface area contributed by atoms with E-state index >= 15 is 0 Å². The van der Waals surface area contributed by atoms with Crippen LogP contribution in [0.1, 0.15) is 155 Å². The number of phosphoric ester groups is 1. The highest BCUT2D eigenvalue weighted by atomic mass is 32.2. The Bertz CT molecular complexity index is 1400. The Labute approximate surface area is 391 Å². The van der Waals surface area contributed by atoms with Gasteiger partial charge in [-0.2, -0.15) is 0 Å². The number of unbranched alkanes of at least 4 members (excludes halogenated alkanes) is 14. The number of aliphatic carboxylic acids is 1. The summed E-state index contributed by atoms with van der Waals surface area (Å²) in [5.74, 6) is -2.29. The fourth-order valence-electron chi connectivity index (χ4n) is 6.08. The van der Waals surface area contributed by atoms with Crippen LogP contribution in [0.4, 0.5) is 0 Å². The monoisotopic (exact) mass is 944 g/mol. The highest BCUT2D eigenvalue weighted by Crippen LogP contribution is 2.43. The summed E-state index contributed by atoms with van der Waals surface area (Å²) >= 11 is 1.21. The van der Waals surface area contributed by atoms with E-state index in [0.29, 0.717) is 17.4 Å². The molecule has 64 heavy (non-hydrogen) atoms. The third kappa shape index (κ3) is 40.9. The molecule has 0 fully saturated rings. The zero-order chi connectivity index (χ0) is 47.7. The third-order valence-electron chi connectivity index (χ3n) is 10.0. The molecule has 0 aliphatic heterocycles. The van der Waals surface area contributed by atoms with Crippen molar-refractivity contribution < 1.29 is 57.1 Å². The molecule has 0 saturated carbocycles. The van der Waals surface area contributed by atoms with Gasteiger partial charge in [-0.25, -0.2) is 4.57 Å². The van der Waals surface area contributed by atoms with E-state index in [-0.39, 0.29) is 38.0 Å². The van der Waals surface area contributed by atoms with Gasteiger partial charge >= 0.3 is 25.7 Å². The fraction of sp³-hybridized carbons (Fsp3) is 0.735. The number of carbonyl (C=O) groups is 3. The molecule has 370 valence electrons. The Morgan fingerprint density at radius 1 is 0.719 bits per heavy atom. The molecule has 0 radical (unpaired) electrons. The van der Waals surface area contributed by atoms with Gasteiger partial charge < -0.3 is 34.8 Å². The molecule has 0 saturated heterocycles. The SMILES string of the molecule is CCCCC/C=C\C\C=C/C=C/C=C/[C@@H](SC[C@H](N)C(=O)O[C@H](COC(=O)CCCCCCC/C=C\CCCCCCCC)COP(=O)(O)OCC[N+](C)(C)C)[C@@H](O)CCCC(=O)O.